The second-order valence-corrected chi connectivity index (χ2v) is 10.3. The first kappa shape index (κ1) is 27.4. The summed E-state index contributed by atoms with van der Waals surface area (Å²) in [6.07, 6.45) is 0. The number of nitrogens with one attached hydrogen (secondary N) is 1. The van der Waals surface area contributed by atoms with E-state index in [9.17, 15) is 44.6 Å². The van der Waals surface area contributed by atoms with E-state index < -0.39 is 109 Å². The number of fused-ring (bicyclic) bond motifs is 2. The van der Waals surface area contributed by atoms with Crippen molar-refractivity contribution in [3.8, 4) is 22.5 Å². The highest BCUT2D eigenvalue weighted by molar-refractivity contribution is 7.86. The van der Waals surface area contributed by atoms with Gasteiger partial charge in [-0.15, -0.1) is 0 Å². The molecule has 202 valence electrons. The highest BCUT2D eigenvalue weighted by Crippen LogP contribution is 2.48. The molecule has 0 saturated carbocycles. The Morgan fingerprint density at radius 2 is 1.62 bits per heavy atom. The molecule has 14 nitrogen and oxygen atoms in total. The molecule has 1 heterocycles. The first-order valence-corrected chi connectivity index (χ1v) is 12.7. The standard InChI is InChI=1S/C20H10F3N5O9S2/c21-12-11(20(29)30)10(13(22)15(14(12)23)27-28-26)9-5-1-3-7(24)18(38(31,32)33)16(5)37-17-6(9)2-4-8(25)19(17)39(34,35)36/h1-4,24H,25H2,(H,29,30)(H,31,32,33)(H,34,35,36)/p-1. The van der Waals surface area contributed by atoms with Gasteiger partial charge in [-0.25, -0.2) is 13.2 Å². The Bertz CT molecular complexity index is 2070. The number of hydrogen-bond acceptors (Lipinski definition) is 10. The fourth-order valence-electron chi connectivity index (χ4n) is 3.98. The van der Waals surface area contributed by atoms with Crippen molar-refractivity contribution in [3.63, 3.8) is 0 Å². The average molecular weight is 584 g/mol. The van der Waals surface area contributed by atoms with Gasteiger partial charge in [0, 0.05) is 32.6 Å². The Hall–Kier alpha value is -4.68. The van der Waals surface area contributed by atoms with Crippen molar-refractivity contribution in [3.05, 3.63) is 63.1 Å². The number of carboxylic acid groups (broad SMARTS) is 1. The van der Waals surface area contributed by atoms with Crippen molar-refractivity contribution < 1.29 is 53.4 Å². The molecule has 4 rings (SSSR count). The zero-order valence-corrected chi connectivity index (χ0v) is 20.1. The molecule has 0 spiro atoms. The van der Waals surface area contributed by atoms with E-state index >= 15 is 4.39 Å². The summed E-state index contributed by atoms with van der Waals surface area (Å²) in [5.41, 5.74) is 5.97. The van der Waals surface area contributed by atoms with Crippen LogP contribution >= 0.6 is 0 Å². The number of carbonyl (C=O) groups is 1. The zero-order valence-electron chi connectivity index (χ0n) is 18.4. The van der Waals surface area contributed by atoms with Crippen LogP contribution in [-0.2, 0) is 20.2 Å². The smallest absolute Gasteiger partial charge is 0.300 e. The minimum Gasteiger partial charge on any atom is -0.545 e. The largest absolute Gasteiger partial charge is 0.545 e. The first-order valence-electron chi connectivity index (χ1n) is 9.81. The Balaban J connectivity index is 2.50. The second-order valence-electron chi connectivity index (χ2n) is 7.62. The van der Waals surface area contributed by atoms with Crippen molar-refractivity contribution in [1.29, 1.82) is 5.41 Å². The van der Waals surface area contributed by atoms with Gasteiger partial charge in [-0.3, -0.25) is 14.5 Å². The van der Waals surface area contributed by atoms with Gasteiger partial charge < -0.3 is 20.1 Å². The zero-order chi connectivity index (χ0) is 29.2. The van der Waals surface area contributed by atoms with E-state index in [2.05, 4.69) is 10.0 Å². The number of hydrogen-bond donors (Lipinski definition) is 4. The predicted octanol–water partition coefficient (Wildman–Crippen LogP) is 2.48. The van der Waals surface area contributed by atoms with Gasteiger partial charge in [0.2, 0.25) is 0 Å². The number of benzene rings is 3. The van der Waals surface area contributed by atoms with Gasteiger partial charge in [0.05, 0.1) is 17.0 Å². The van der Waals surface area contributed by atoms with Crippen LogP contribution in [0.5, 0.6) is 0 Å². The number of nitrogens with zero attached hydrogens (tertiary/aromatic N) is 3. The van der Waals surface area contributed by atoms with Crippen molar-refractivity contribution in [2.24, 2.45) is 5.11 Å². The molecule has 0 fully saturated rings. The quantitative estimate of drug-likeness (QED) is 0.0506. The van der Waals surface area contributed by atoms with E-state index in [1.807, 2.05) is 0 Å². The van der Waals surface area contributed by atoms with Crippen LogP contribution in [0, 0.1) is 22.9 Å². The van der Waals surface area contributed by atoms with Crippen LogP contribution < -0.4 is 16.2 Å². The summed E-state index contributed by atoms with van der Waals surface area (Å²) < 4.78 is 118. The van der Waals surface area contributed by atoms with E-state index in [4.69, 9.17) is 21.1 Å². The van der Waals surface area contributed by atoms with E-state index in [1.54, 1.807) is 0 Å². The number of rotatable bonds is 5. The maximum absolute atomic E-state index is 15.7. The fourth-order valence-corrected chi connectivity index (χ4v) is 5.47. The van der Waals surface area contributed by atoms with Crippen LogP contribution in [0.1, 0.15) is 10.4 Å². The summed E-state index contributed by atoms with van der Waals surface area (Å²) in [5, 5.41) is 20.8. The van der Waals surface area contributed by atoms with Crippen LogP contribution in [-0.4, -0.2) is 31.9 Å². The van der Waals surface area contributed by atoms with Gasteiger partial charge in [0.1, 0.15) is 11.5 Å². The third-order valence-electron chi connectivity index (χ3n) is 5.41. The molecule has 0 unspecified atom stereocenters. The van der Waals surface area contributed by atoms with Crippen molar-refractivity contribution in [1.82, 2.24) is 0 Å². The Labute approximate surface area is 213 Å². The van der Waals surface area contributed by atoms with Crippen molar-refractivity contribution in [2.45, 2.75) is 9.79 Å². The van der Waals surface area contributed by atoms with E-state index in [1.165, 1.54) is 0 Å². The maximum Gasteiger partial charge on any atom is 0.300 e. The average Bonchev–Trinajstić information content (AvgIpc) is 2.80. The van der Waals surface area contributed by atoms with Crippen molar-refractivity contribution >= 4 is 48.5 Å². The molecule has 0 atom stereocenters. The molecule has 2 aromatic carbocycles. The summed E-state index contributed by atoms with van der Waals surface area (Å²) in [5.74, 6) is -10.2. The molecule has 19 heteroatoms. The summed E-state index contributed by atoms with van der Waals surface area (Å²) in [7, 11) is -10.8. The third-order valence-corrected chi connectivity index (χ3v) is 7.27. The van der Waals surface area contributed by atoms with Crippen LogP contribution in [0.25, 0.3) is 43.9 Å². The number of nitrogen functional groups attached to an aromatic ring is 1. The molecule has 2 aromatic rings. The van der Waals surface area contributed by atoms with E-state index in [0.29, 0.717) is 6.07 Å². The molecule has 1 aliphatic carbocycles. The molecule has 0 amide bonds. The van der Waals surface area contributed by atoms with Gasteiger partial charge in [0.25, 0.3) is 20.2 Å². The lowest BCUT2D eigenvalue weighted by atomic mass is 9.89. The number of halogens is 3. The number of carboxylic acids is 1. The van der Waals surface area contributed by atoms with Crippen LogP contribution in [0.15, 0.2) is 43.6 Å². The summed E-state index contributed by atoms with van der Waals surface area (Å²) in [6, 6.07) is 3.21. The summed E-state index contributed by atoms with van der Waals surface area (Å²) in [6.45, 7) is 0. The normalized spacial score (nSPS) is 12.0. The lowest BCUT2D eigenvalue weighted by molar-refractivity contribution is -0.255. The van der Waals surface area contributed by atoms with Gasteiger partial charge in [-0.05, 0) is 29.8 Å². The topological polar surface area (TPSA) is 261 Å². The van der Waals surface area contributed by atoms with Gasteiger partial charge in [-0.1, -0.05) is 5.11 Å². The Morgan fingerprint density at radius 1 is 1.00 bits per heavy atom. The molecule has 1 aliphatic heterocycles. The second kappa shape index (κ2) is 8.96. The summed E-state index contributed by atoms with van der Waals surface area (Å²) >= 11 is 0. The first-order chi connectivity index (χ1) is 18.0. The minimum absolute atomic E-state index is 0.678. The van der Waals surface area contributed by atoms with Gasteiger partial charge in [-0.2, -0.15) is 16.8 Å². The third kappa shape index (κ3) is 4.19. The highest BCUT2D eigenvalue weighted by Gasteiger charge is 2.34. The molecule has 0 bridgehead atoms. The maximum atomic E-state index is 15.7. The number of azide groups is 1. The Morgan fingerprint density at radius 3 is 2.15 bits per heavy atom. The number of carbonyl (C=O) groups excluding carboxylic acids is 1. The van der Waals surface area contributed by atoms with Crippen LogP contribution in [0.2, 0.25) is 0 Å². The van der Waals surface area contributed by atoms with Crippen LogP contribution in [0.4, 0.5) is 24.5 Å². The van der Waals surface area contributed by atoms with Crippen molar-refractivity contribution in [2.75, 3.05) is 5.73 Å². The monoisotopic (exact) mass is 584 g/mol. The van der Waals surface area contributed by atoms with E-state index in [-0.39, 0.29) is 0 Å². The molecular formula is C20H9F3N5O9S2-. The molecule has 5 N–H and O–H groups in total. The molecule has 2 aliphatic rings. The SMILES string of the molecule is [N-]=[N+]=Nc1c(F)c(F)c(C(=O)[O-])c(-c2c3ccc(=N)c(S(=O)(=O)O)c-3oc3c(S(=O)(=O)O)c(N)ccc23)c1F. The molecular weight excluding hydrogens is 575 g/mol. The van der Waals surface area contributed by atoms with Gasteiger partial charge >= 0.3 is 0 Å². The number of nitrogens with two attached hydrogens (primary N) is 1. The number of anilines is 1. The van der Waals surface area contributed by atoms with E-state index in [0.717, 1.165) is 18.2 Å². The molecule has 0 radical (unpaired) electrons. The fraction of sp³-hybridized carbons (Fsp3) is 0. The molecule has 0 aromatic heterocycles. The Kier molecular flexibility index (Phi) is 6.29. The van der Waals surface area contributed by atoms with Gasteiger partial charge in [0.15, 0.2) is 32.8 Å². The predicted molar refractivity (Wildman–Crippen MR) is 121 cm³/mol. The molecule has 0 saturated heterocycles. The summed E-state index contributed by atoms with van der Waals surface area (Å²) in [4.78, 5) is 11.4. The van der Waals surface area contributed by atoms with Crippen LogP contribution in [0.3, 0.4) is 0 Å². The highest BCUT2D eigenvalue weighted by atomic mass is 32.2. The lowest BCUT2D eigenvalue weighted by Gasteiger charge is -2.22. The lowest BCUT2D eigenvalue weighted by Crippen LogP contribution is -2.26. The molecule has 39 heavy (non-hydrogen) atoms. The minimum atomic E-state index is -5.40. The number of aromatic carboxylic acids is 1.